The van der Waals surface area contributed by atoms with E-state index in [4.69, 9.17) is 35.4 Å². The lowest BCUT2D eigenvalue weighted by Gasteiger charge is -2.36. The Morgan fingerprint density at radius 1 is 0.889 bits per heavy atom. The molecule has 1 heterocycles. The van der Waals surface area contributed by atoms with E-state index < -0.39 is 0 Å². The van der Waals surface area contributed by atoms with Crippen LogP contribution < -0.4 is 15.5 Å². The van der Waals surface area contributed by atoms with Crippen LogP contribution in [0.25, 0.3) is 6.08 Å². The highest BCUT2D eigenvalue weighted by atomic mass is 35.5. The number of nitrogens with one attached hydrogen (secondary N) is 2. The van der Waals surface area contributed by atoms with Gasteiger partial charge in [0.15, 0.2) is 5.11 Å². The number of hydrogen-bond donors (Lipinski definition) is 2. The number of thiocarbonyl (C=S) groups is 1. The third-order valence-electron chi connectivity index (χ3n) is 5.67. The maximum atomic E-state index is 12.7. The van der Waals surface area contributed by atoms with Crippen LogP contribution in [0, 0.1) is 0 Å². The van der Waals surface area contributed by atoms with Crippen LogP contribution in [0.2, 0.25) is 10.0 Å². The van der Waals surface area contributed by atoms with Crippen molar-refractivity contribution < 1.29 is 9.59 Å². The molecule has 36 heavy (non-hydrogen) atoms. The molecule has 1 fully saturated rings. The Morgan fingerprint density at radius 3 is 2.25 bits per heavy atom. The van der Waals surface area contributed by atoms with Crippen LogP contribution in [0.5, 0.6) is 0 Å². The molecule has 0 bridgehead atoms. The summed E-state index contributed by atoms with van der Waals surface area (Å²) in [5, 5.41) is 6.95. The zero-order valence-electron chi connectivity index (χ0n) is 19.3. The second-order valence-corrected chi connectivity index (χ2v) is 9.39. The van der Waals surface area contributed by atoms with Crippen LogP contribution in [-0.2, 0) is 4.79 Å². The van der Waals surface area contributed by atoms with Crippen molar-refractivity contribution in [2.24, 2.45) is 0 Å². The summed E-state index contributed by atoms with van der Waals surface area (Å²) in [7, 11) is 0. The van der Waals surface area contributed by atoms with Crippen LogP contribution in [0.4, 0.5) is 11.4 Å². The highest BCUT2D eigenvalue weighted by Gasteiger charge is 2.23. The molecule has 6 nitrogen and oxygen atoms in total. The first-order valence-corrected chi connectivity index (χ1v) is 12.5. The number of amides is 2. The lowest BCUT2D eigenvalue weighted by Crippen LogP contribution is -2.48. The number of carbonyl (C=O) groups excluding carboxylic acids is 2. The molecule has 1 aliphatic heterocycles. The number of halogens is 2. The molecule has 0 radical (unpaired) electrons. The minimum absolute atomic E-state index is 0.0412. The molecule has 0 atom stereocenters. The van der Waals surface area contributed by atoms with Gasteiger partial charge in [-0.2, -0.15) is 0 Å². The van der Waals surface area contributed by atoms with Gasteiger partial charge in [-0.15, -0.1) is 0 Å². The van der Waals surface area contributed by atoms with E-state index in [1.54, 1.807) is 24.3 Å². The van der Waals surface area contributed by atoms with Crippen molar-refractivity contribution in [1.29, 1.82) is 0 Å². The van der Waals surface area contributed by atoms with Crippen molar-refractivity contribution in [1.82, 2.24) is 10.2 Å². The predicted octanol–water partition coefficient (Wildman–Crippen LogP) is 5.48. The van der Waals surface area contributed by atoms with Gasteiger partial charge in [0.2, 0.25) is 5.91 Å². The number of carbonyl (C=O) groups is 2. The third-order valence-corrected chi connectivity index (χ3v) is 6.43. The summed E-state index contributed by atoms with van der Waals surface area (Å²) in [6, 6.07) is 22.0. The normalized spacial score (nSPS) is 13.5. The largest absolute Gasteiger partial charge is 0.367 e. The topological polar surface area (TPSA) is 64.7 Å². The average molecular weight is 539 g/mol. The van der Waals surface area contributed by atoms with Gasteiger partial charge in [0.1, 0.15) is 0 Å². The van der Waals surface area contributed by atoms with E-state index in [-0.39, 0.29) is 16.9 Å². The monoisotopic (exact) mass is 538 g/mol. The van der Waals surface area contributed by atoms with Crippen LogP contribution in [0.15, 0.2) is 78.9 Å². The Kier molecular flexibility index (Phi) is 8.59. The Hall–Kier alpha value is -3.39. The fraction of sp³-hybridized carbons (Fsp3) is 0.148. The smallest absolute Gasteiger partial charge is 0.253 e. The quantitative estimate of drug-likeness (QED) is 0.332. The fourth-order valence-electron chi connectivity index (χ4n) is 3.82. The molecule has 0 unspecified atom stereocenters. The van der Waals surface area contributed by atoms with Gasteiger partial charge < -0.3 is 15.1 Å². The molecule has 1 saturated heterocycles. The zero-order chi connectivity index (χ0) is 25.5. The maximum absolute atomic E-state index is 12.7. The summed E-state index contributed by atoms with van der Waals surface area (Å²) in [5.41, 5.74) is 3.09. The maximum Gasteiger partial charge on any atom is 0.253 e. The first kappa shape index (κ1) is 25.7. The molecule has 9 heteroatoms. The second kappa shape index (κ2) is 12.0. The Bertz CT molecular complexity index is 1270. The van der Waals surface area contributed by atoms with Gasteiger partial charge in [-0.25, -0.2) is 0 Å². The second-order valence-electron chi connectivity index (χ2n) is 8.14. The van der Waals surface area contributed by atoms with E-state index >= 15 is 0 Å². The van der Waals surface area contributed by atoms with Gasteiger partial charge in [-0.3, -0.25) is 14.9 Å². The molecule has 3 aromatic carbocycles. The highest BCUT2D eigenvalue weighted by molar-refractivity contribution is 7.80. The summed E-state index contributed by atoms with van der Waals surface area (Å²) in [5.74, 6) is -0.312. The molecule has 3 aromatic rings. The van der Waals surface area contributed by atoms with Crippen molar-refractivity contribution in [3.63, 3.8) is 0 Å². The van der Waals surface area contributed by atoms with Gasteiger partial charge in [0.25, 0.3) is 5.91 Å². The van der Waals surface area contributed by atoms with Crippen LogP contribution in [0.1, 0.15) is 15.9 Å². The first-order chi connectivity index (χ1) is 17.4. The van der Waals surface area contributed by atoms with Crippen molar-refractivity contribution >= 4 is 69.8 Å². The number of anilines is 2. The molecule has 0 spiro atoms. The Labute approximate surface area is 225 Å². The number of nitrogens with zero attached hydrogens (tertiary/aromatic N) is 2. The van der Waals surface area contributed by atoms with E-state index in [1.165, 1.54) is 6.08 Å². The Morgan fingerprint density at radius 2 is 1.58 bits per heavy atom. The summed E-state index contributed by atoms with van der Waals surface area (Å²) >= 11 is 17.7. The third kappa shape index (κ3) is 6.85. The zero-order valence-corrected chi connectivity index (χ0v) is 21.6. The van der Waals surface area contributed by atoms with Gasteiger partial charge in [-0.05, 0) is 66.3 Å². The van der Waals surface area contributed by atoms with Crippen molar-refractivity contribution in [3.05, 3.63) is 100 Å². The lowest BCUT2D eigenvalue weighted by molar-refractivity contribution is -0.115. The van der Waals surface area contributed by atoms with Gasteiger partial charge >= 0.3 is 0 Å². The average Bonchev–Trinajstić information content (AvgIpc) is 2.88. The van der Waals surface area contributed by atoms with Crippen molar-refractivity contribution in [2.75, 3.05) is 36.4 Å². The molecule has 1 aliphatic rings. The van der Waals surface area contributed by atoms with Crippen LogP contribution in [-0.4, -0.2) is 48.0 Å². The van der Waals surface area contributed by atoms with E-state index in [1.807, 2.05) is 59.5 Å². The fourth-order valence-corrected chi connectivity index (χ4v) is 4.46. The van der Waals surface area contributed by atoms with E-state index in [0.717, 1.165) is 11.3 Å². The summed E-state index contributed by atoms with van der Waals surface area (Å²) in [4.78, 5) is 28.9. The van der Waals surface area contributed by atoms with Crippen molar-refractivity contribution in [2.45, 2.75) is 0 Å². The molecule has 2 N–H and O–H groups in total. The van der Waals surface area contributed by atoms with E-state index in [9.17, 15) is 9.59 Å². The van der Waals surface area contributed by atoms with E-state index in [0.29, 0.717) is 47.5 Å². The summed E-state index contributed by atoms with van der Waals surface area (Å²) in [6.45, 7) is 2.59. The molecule has 4 rings (SSSR count). The first-order valence-electron chi connectivity index (χ1n) is 11.3. The molecule has 184 valence electrons. The predicted molar refractivity (Wildman–Crippen MR) is 151 cm³/mol. The lowest BCUT2D eigenvalue weighted by atomic mass is 10.1. The Balaban J connectivity index is 1.28. The molecular formula is C27H24Cl2N4O2S. The van der Waals surface area contributed by atoms with Crippen molar-refractivity contribution in [3.8, 4) is 0 Å². The number of rotatable bonds is 5. The molecular weight excluding hydrogens is 515 g/mol. The van der Waals surface area contributed by atoms with Gasteiger partial charge in [0, 0.05) is 48.5 Å². The standard InChI is InChI=1S/C27H24Cl2N4O2S/c28-21-9-6-19(7-10-21)8-13-25(34)31-27(36)30-22-11-12-24(23(29)18-22)32-14-16-33(17-15-32)26(35)20-4-2-1-3-5-20/h1-13,18H,14-17H2,(H2,30,31,34,36)/b13-8+. The van der Waals surface area contributed by atoms with Gasteiger partial charge in [-0.1, -0.05) is 53.5 Å². The summed E-state index contributed by atoms with van der Waals surface area (Å²) in [6.07, 6.45) is 3.07. The van der Waals surface area contributed by atoms with Crippen LogP contribution >= 0.6 is 35.4 Å². The minimum Gasteiger partial charge on any atom is -0.367 e. The minimum atomic E-state index is -0.354. The molecule has 0 aliphatic carbocycles. The van der Waals surface area contributed by atoms with E-state index in [2.05, 4.69) is 15.5 Å². The molecule has 0 aromatic heterocycles. The summed E-state index contributed by atoms with van der Waals surface area (Å²) < 4.78 is 0. The number of benzene rings is 3. The number of hydrogen-bond acceptors (Lipinski definition) is 4. The van der Waals surface area contributed by atoms with Crippen LogP contribution in [0.3, 0.4) is 0 Å². The molecule has 0 saturated carbocycles. The highest BCUT2D eigenvalue weighted by Crippen LogP contribution is 2.30. The molecule has 2 amide bonds. The SMILES string of the molecule is O=C(/C=C/c1ccc(Cl)cc1)NC(=S)Nc1ccc(N2CCN(C(=O)c3ccccc3)CC2)c(Cl)c1. The number of piperazine rings is 1. The van der Waals surface area contributed by atoms with Gasteiger partial charge in [0.05, 0.1) is 10.7 Å².